The number of nitrogens with two attached hydrogens (primary N) is 1. The highest BCUT2D eigenvalue weighted by molar-refractivity contribution is 6.29. The third-order valence-corrected chi connectivity index (χ3v) is 2.44. The number of ether oxygens (including phenoxy) is 1. The number of anilines is 2. The van der Waals surface area contributed by atoms with Gasteiger partial charge in [0.1, 0.15) is 5.15 Å². The second-order valence-corrected chi connectivity index (χ2v) is 3.82. The lowest BCUT2D eigenvalue weighted by Gasteiger charge is -2.23. The summed E-state index contributed by atoms with van der Waals surface area (Å²) in [6.45, 7) is 1.71. The summed E-state index contributed by atoms with van der Waals surface area (Å²) < 4.78 is 5.02. The molecule has 1 rings (SSSR count). The van der Waals surface area contributed by atoms with Gasteiger partial charge in [-0.1, -0.05) is 11.6 Å². The van der Waals surface area contributed by atoms with Gasteiger partial charge in [-0.05, 0) is 12.1 Å². The van der Waals surface area contributed by atoms with Crippen LogP contribution >= 0.6 is 11.6 Å². The van der Waals surface area contributed by atoms with E-state index >= 15 is 0 Å². The summed E-state index contributed by atoms with van der Waals surface area (Å²) >= 11 is 5.84. The molecule has 2 N–H and O–H groups in total. The number of nitrogen functional groups attached to an aromatic ring is 1. The molecule has 0 aliphatic carbocycles. The van der Waals surface area contributed by atoms with Gasteiger partial charge in [0.15, 0.2) is 5.82 Å². The molecule has 0 unspecified atom stereocenters. The minimum Gasteiger partial charge on any atom is -0.396 e. The number of hydrogen-bond donors (Lipinski definition) is 1. The third-order valence-electron chi connectivity index (χ3n) is 2.23. The standard InChI is InChI=1S/C11H15ClN4O/c1-17-8-7-16(6-2-5-13)11-9(14)3-4-10(12)15-11/h3-4H,2,6-8,14H2,1H3. The maximum atomic E-state index is 8.63. The fourth-order valence-corrected chi connectivity index (χ4v) is 1.54. The predicted molar refractivity (Wildman–Crippen MR) is 68.0 cm³/mol. The van der Waals surface area contributed by atoms with Crippen molar-refractivity contribution in [3.63, 3.8) is 0 Å². The van der Waals surface area contributed by atoms with E-state index in [4.69, 9.17) is 27.3 Å². The summed E-state index contributed by atoms with van der Waals surface area (Å²) in [6.07, 6.45) is 0.400. The maximum absolute atomic E-state index is 8.63. The van der Waals surface area contributed by atoms with Gasteiger partial charge < -0.3 is 15.4 Å². The van der Waals surface area contributed by atoms with E-state index in [1.807, 2.05) is 4.90 Å². The van der Waals surface area contributed by atoms with Gasteiger partial charge in [0, 0.05) is 20.2 Å². The Morgan fingerprint density at radius 1 is 1.53 bits per heavy atom. The van der Waals surface area contributed by atoms with Gasteiger partial charge in [0.2, 0.25) is 0 Å². The van der Waals surface area contributed by atoms with Crippen LogP contribution in [0.1, 0.15) is 6.42 Å². The lowest BCUT2D eigenvalue weighted by atomic mass is 10.3. The minimum absolute atomic E-state index is 0.383. The molecule has 0 aromatic carbocycles. The molecule has 92 valence electrons. The normalized spacial score (nSPS) is 9.94. The molecule has 17 heavy (non-hydrogen) atoms. The molecule has 0 aliphatic rings. The van der Waals surface area contributed by atoms with Crippen molar-refractivity contribution in [3.8, 4) is 6.07 Å². The monoisotopic (exact) mass is 254 g/mol. The molecule has 0 fully saturated rings. The highest BCUT2D eigenvalue weighted by atomic mass is 35.5. The molecule has 0 radical (unpaired) electrons. The van der Waals surface area contributed by atoms with Crippen LogP contribution in [-0.2, 0) is 4.74 Å². The molecule has 1 aromatic rings. The van der Waals surface area contributed by atoms with E-state index in [-0.39, 0.29) is 0 Å². The molecular weight excluding hydrogens is 240 g/mol. The zero-order valence-electron chi connectivity index (χ0n) is 9.69. The lowest BCUT2D eigenvalue weighted by molar-refractivity contribution is 0.205. The van der Waals surface area contributed by atoms with Gasteiger partial charge in [0.25, 0.3) is 0 Å². The summed E-state index contributed by atoms with van der Waals surface area (Å²) in [5.41, 5.74) is 6.39. The van der Waals surface area contributed by atoms with Crippen molar-refractivity contribution in [1.82, 2.24) is 4.98 Å². The van der Waals surface area contributed by atoms with Crippen LogP contribution in [-0.4, -0.2) is 31.8 Å². The summed E-state index contributed by atoms with van der Waals surface area (Å²) in [4.78, 5) is 6.08. The Hall–Kier alpha value is -1.51. The molecule has 5 nitrogen and oxygen atoms in total. The van der Waals surface area contributed by atoms with Crippen LogP contribution in [0.5, 0.6) is 0 Å². The second kappa shape index (κ2) is 6.94. The number of nitrogens with zero attached hydrogens (tertiary/aromatic N) is 3. The first kappa shape index (κ1) is 13.6. The van der Waals surface area contributed by atoms with Gasteiger partial charge >= 0.3 is 0 Å². The van der Waals surface area contributed by atoms with Crippen molar-refractivity contribution in [2.24, 2.45) is 0 Å². The summed E-state index contributed by atoms with van der Waals surface area (Å²) in [7, 11) is 1.62. The average Bonchev–Trinajstić information content (AvgIpc) is 2.33. The molecule has 6 heteroatoms. The second-order valence-electron chi connectivity index (χ2n) is 3.43. The first-order valence-electron chi connectivity index (χ1n) is 5.22. The highest BCUT2D eigenvalue weighted by Crippen LogP contribution is 2.22. The van der Waals surface area contributed by atoms with Crippen molar-refractivity contribution in [1.29, 1.82) is 5.26 Å². The van der Waals surface area contributed by atoms with Crippen LogP contribution < -0.4 is 10.6 Å². The number of methoxy groups -OCH3 is 1. The Balaban J connectivity index is 2.86. The Kier molecular flexibility index (Phi) is 5.53. The molecule has 0 bridgehead atoms. The van der Waals surface area contributed by atoms with Crippen molar-refractivity contribution in [2.75, 3.05) is 37.4 Å². The van der Waals surface area contributed by atoms with E-state index in [9.17, 15) is 0 Å². The van der Waals surface area contributed by atoms with Crippen LogP contribution in [0, 0.1) is 11.3 Å². The third kappa shape index (κ3) is 4.10. The Morgan fingerprint density at radius 3 is 2.94 bits per heavy atom. The van der Waals surface area contributed by atoms with Crippen molar-refractivity contribution >= 4 is 23.1 Å². The number of aromatic nitrogens is 1. The van der Waals surface area contributed by atoms with Crippen LogP contribution in [0.4, 0.5) is 11.5 Å². The number of nitriles is 1. The van der Waals surface area contributed by atoms with E-state index in [1.54, 1.807) is 19.2 Å². The number of hydrogen-bond acceptors (Lipinski definition) is 5. The van der Waals surface area contributed by atoms with Crippen LogP contribution in [0.2, 0.25) is 5.15 Å². The Labute approximate surface area is 106 Å². The molecule has 0 saturated heterocycles. The minimum atomic E-state index is 0.383. The molecule has 0 atom stereocenters. The fraction of sp³-hybridized carbons (Fsp3) is 0.455. The van der Waals surface area contributed by atoms with E-state index in [0.29, 0.717) is 42.8 Å². The summed E-state index contributed by atoms with van der Waals surface area (Å²) in [5, 5.41) is 9.01. The molecule has 0 amide bonds. The maximum Gasteiger partial charge on any atom is 0.153 e. The van der Waals surface area contributed by atoms with Crippen LogP contribution in [0.15, 0.2) is 12.1 Å². The zero-order valence-corrected chi connectivity index (χ0v) is 10.4. The molecule has 0 spiro atoms. The van der Waals surface area contributed by atoms with E-state index < -0.39 is 0 Å². The van der Waals surface area contributed by atoms with Crippen LogP contribution in [0.3, 0.4) is 0 Å². The topological polar surface area (TPSA) is 75.2 Å². The average molecular weight is 255 g/mol. The fourth-order valence-electron chi connectivity index (χ4n) is 1.40. The van der Waals surface area contributed by atoms with Crippen molar-refractivity contribution in [2.45, 2.75) is 6.42 Å². The quantitative estimate of drug-likeness (QED) is 0.782. The number of rotatable bonds is 6. The van der Waals surface area contributed by atoms with Gasteiger partial charge in [-0.3, -0.25) is 0 Å². The summed E-state index contributed by atoms with van der Waals surface area (Å²) in [6, 6.07) is 5.44. The van der Waals surface area contributed by atoms with Crippen molar-refractivity contribution in [3.05, 3.63) is 17.3 Å². The molecular formula is C11H15ClN4O. The lowest BCUT2D eigenvalue weighted by Crippen LogP contribution is -2.29. The smallest absolute Gasteiger partial charge is 0.153 e. The van der Waals surface area contributed by atoms with Crippen molar-refractivity contribution < 1.29 is 4.74 Å². The Bertz CT molecular complexity index is 405. The first-order chi connectivity index (χ1) is 8.19. The first-order valence-corrected chi connectivity index (χ1v) is 5.59. The van der Waals surface area contributed by atoms with E-state index in [1.165, 1.54) is 0 Å². The van der Waals surface area contributed by atoms with Crippen LogP contribution in [0.25, 0.3) is 0 Å². The zero-order chi connectivity index (χ0) is 12.7. The summed E-state index contributed by atoms with van der Waals surface area (Å²) in [5.74, 6) is 0.602. The van der Waals surface area contributed by atoms with E-state index in [0.717, 1.165) is 0 Å². The van der Waals surface area contributed by atoms with E-state index in [2.05, 4.69) is 11.1 Å². The molecule has 1 heterocycles. The predicted octanol–water partition coefficient (Wildman–Crippen LogP) is 1.68. The van der Waals surface area contributed by atoms with Gasteiger partial charge in [0.05, 0.1) is 24.8 Å². The largest absolute Gasteiger partial charge is 0.396 e. The van der Waals surface area contributed by atoms with Gasteiger partial charge in [-0.2, -0.15) is 5.26 Å². The molecule has 1 aromatic heterocycles. The SMILES string of the molecule is COCCN(CCC#N)c1nc(Cl)ccc1N. The highest BCUT2D eigenvalue weighted by Gasteiger charge is 2.11. The molecule has 0 aliphatic heterocycles. The van der Waals surface area contributed by atoms with Gasteiger partial charge in [-0.15, -0.1) is 0 Å². The number of pyridine rings is 1. The Morgan fingerprint density at radius 2 is 2.29 bits per heavy atom. The van der Waals surface area contributed by atoms with Gasteiger partial charge in [-0.25, -0.2) is 4.98 Å². The molecule has 0 saturated carbocycles. The number of halogens is 1.